The lowest BCUT2D eigenvalue weighted by molar-refractivity contribution is 0.0723. The summed E-state index contributed by atoms with van der Waals surface area (Å²) in [6.45, 7) is 3.37. The third-order valence-corrected chi connectivity index (χ3v) is 3.61. The molecule has 1 aliphatic rings. The molecular formula is C15H20F2N2O2. The molecule has 1 saturated heterocycles. The molecule has 1 aromatic rings. The Hall–Kier alpha value is -1.69. The van der Waals surface area contributed by atoms with Crippen molar-refractivity contribution in [2.24, 2.45) is 0 Å². The van der Waals surface area contributed by atoms with Crippen LogP contribution in [0.15, 0.2) is 12.1 Å². The highest BCUT2D eigenvalue weighted by Gasteiger charge is 2.27. The molecule has 1 N–H and O–H groups in total. The average Bonchev–Trinajstić information content (AvgIpc) is 2.94. The highest BCUT2D eigenvalue weighted by Crippen LogP contribution is 2.23. The van der Waals surface area contributed by atoms with E-state index in [2.05, 4.69) is 5.32 Å². The second-order valence-electron chi connectivity index (χ2n) is 5.14. The number of carbonyl (C=O) groups excluding carboxylic acids is 1. The van der Waals surface area contributed by atoms with Gasteiger partial charge in [0.15, 0.2) is 0 Å². The molecule has 0 aromatic heterocycles. The van der Waals surface area contributed by atoms with E-state index in [4.69, 9.17) is 4.74 Å². The molecule has 1 heterocycles. The van der Waals surface area contributed by atoms with Crippen molar-refractivity contribution in [3.63, 3.8) is 0 Å². The Labute approximate surface area is 123 Å². The van der Waals surface area contributed by atoms with E-state index in [-0.39, 0.29) is 23.3 Å². The molecule has 6 heteroatoms. The van der Waals surface area contributed by atoms with E-state index in [1.54, 1.807) is 12.0 Å². The molecule has 0 bridgehead atoms. The number of halogens is 2. The van der Waals surface area contributed by atoms with Gasteiger partial charge in [0.1, 0.15) is 17.3 Å². The van der Waals surface area contributed by atoms with Gasteiger partial charge in [-0.2, -0.15) is 0 Å². The van der Waals surface area contributed by atoms with Gasteiger partial charge in [-0.1, -0.05) is 6.92 Å². The summed E-state index contributed by atoms with van der Waals surface area (Å²) in [5.74, 6) is -1.85. The van der Waals surface area contributed by atoms with Crippen molar-refractivity contribution in [1.29, 1.82) is 0 Å². The standard InChI is InChI=1S/C15H20F2N2O2/c1-3-5-18-14-12(16)7-10(8-13(14)17)15(20)19-6-4-11(9-19)21-2/h7-8,11,18H,3-6,9H2,1-2H3. The van der Waals surface area contributed by atoms with Crippen molar-refractivity contribution in [2.75, 3.05) is 32.1 Å². The number of nitrogens with zero attached hydrogens (tertiary/aromatic N) is 1. The Morgan fingerprint density at radius 1 is 1.43 bits per heavy atom. The molecule has 1 atom stereocenters. The predicted octanol–water partition coefficient (Wildman–Crippen LogP) is 2.65. The molecule has 4 nitrogen and oxygen atoms in total. The first-order valence-electron chi connectivity index (χ1n) is 7.11. The minimum Gasteiger partial charge on any atom is -0.380 e. The lowest BCUT2D eigenvalue weighted by atomic mass is 10.1. The van der Waals surface area contributed by atoms with Gasteiger partial charge in [0, 0.05) is 32.3 Å². The molecule has 1 unspecified atom stereocenters. The number of ether oxygens (including phenoxy) is 1. The number of hydrogen-bond acceptors (Lipinski definition) is 3. The number of amides is 1. The summed E-state index contributed by atoms with van der Waals surface area (Å²) in [5, 5.41) is 2.69. The second kappa shape index (κ2) is 6.85. The lowest BCUT2D eigenvalue weighted by Gasteiger charge is -2.17. The smallest absolute Gasteiger partial charge is 0.254 e. The van der Waals surface area contributed by atoms with Crippen molar-refractivity contribution in [3.05, 3.63) is 29.3 Å². The van der Waals surface area contributed by atoms with Gasteiger partial charge in [0.25, 0.3) is 5.91 Å². The first-order valence-corrected chi connectivity index (χ1v) is 7.11. The third kappa shape index (κ3) is 3.50. The van der Waals surface area contributed by atoms with Gasteiger partial charge in [0.05, 0.1) is 6.10 Å². The van der Waals surface area contributed by atoms with Gasteiger partial charge in [-0.3, -0.25) is 4.79 Å². The maximum Gasteiger partial charge on any atom is 0.254 e. The predicted molar refractivity (Wildman–Crippen MR) is 76.5 cm³/mol. The molecule has 1 fully saturated rings. The average molecular weight is 298 g/mol. The van der Waals surface area contributed by atoms with E-state index < -0.39 is 11.6 Å². The highest BCUT2D eigenvalue weighted by molar-refractivity contribution is 5.94. The van der Waals surface area contributed by atoms with E-state index in [1.165, 1.54) is 0 Å². The van der Waals surface area contributed by atoms with Crippen LogP contribution in [-0.4, -0.2) is 43.7 Å². The first kappa shape index (κ1) is 15.7. The fourth-order valence-corrected chi connectivity index (χ4v) is 2.40. The fraction of sp³-hybridized carbons (Fsp3) is 0.533. The fourth-order valence-electron chi connectivity index (χ4n) is 2.40. The van der Waals surface area contributed by atoms with Crippen LogP contribution >= 0.6 is 0 Å². The maximum atomic E-state index is 13.9. The molecular weight excluding hydrogens is 278 g/mol. The van der Waals surface area contributed by atoms with Gasteiger partial charge in [0.2, 0.25) is 0 Å². The largest absolute Gasteiger partial charge is 0.380 e. The van der Waals surface area contributed by atoms with Crippen molar-refractivity contribution in [3.8, 4) is 0 Å². The normalized spacial score (nSPS) is 18.1. The van der Waals surface area contributed by atoms with Crippen LogP contribution in [0.25, 0.3) is 0 Å². The summed E-state index contributed by atoms with van der Waals surface area (Å²) in [6.07, 6.45) is 1.49. The molecule has 1 aromatic carbocycles. The topological polar surface area (TPSA) is 41.6 Å². The lowest BCUT2D eigenvalue weighted by Crippen LogP contribution is -2.30. The zero-order chi connectivity index (χ0) is 15.4. The molecule has 2 rings (SSSR count). The zero-order valence-electron chi connectivity index (χ0n) is 12.3. The molecule has 116 valence electrons. The van der Waals surface area contributed by atoms with Gasteiger partial charge >= 0.3 is 0 Å². The molecule has 0 radical (unpaired) electrons. The Morgan fingerprint density at radius 3 is 2.62 bits per heavy atom. The number of nitrogens with one attached hydrogen (secondary N) is 1. The van der Waals surface area contributed by atoms with E-state index in [0.29, 0.717) is 19.6 Å². The minimum absolute atomic E-state index is 0.00543. The van der Waals surface area contributed by atoms with Crippen LogP contribution in [0.3, 0.4) is 0 Å². The van der Waals surface area contributed by atoms with Crippen LogP contribution in [-0.2, 0) is 4.74 Å². The number of hydrogen-bond donors (Lipinski definition) is 1. The van der Waals surface area contributed by atoms with E-state index in [1.807, 2.05) is 6.92 Å². The Bertz CT molecular complexity index is 499. The minimum atomic E-state index is -0.741. The molecule has 21 heavy (non-hydrogen) atoms. The second-order valence-corrected chi connectivity index (χ2v) is 5.14. The van der Waals surface area contributed by atoms with E-state index >= 15 is 0 Å². The zero-order valence-corrected chi connectivity index (χ0v) is 12.3. The van der Waals surface area contributed by atoms with Crippen LogP contribution < -0.4 is 5.32 Å². The van der Waals surface area contributed by atoms with Gasteiger partial charge in [-0.25, -0.2) is 8.78 Å². The monoisotopic (exact) mass is 298 g/mol. The SMILES string of the molecule is CCCNc1c(F)cc(C(=O)N2CCC(OC)C2)cc1F. The van der Waals surface area contributed by atoms with Crippen LogP contribution in [0.4, 0.5) is 14.5 Å². The third-order valence-electron chi connectivity index (χ3n) is 3.61. The van der Waals surface area contributed by atoms with Gasteiger partial charge in [-0.15, -0.1) is 0 Å². The molecule has 0 aliphatic carbocycles. The number of anilines is 1. The number of benzene rings is 1. The molecule has 1 amide bonds. The van der Waals surface area contributed by atoms with Crippen LogP contribution in [0.2, 0.25) is 0 Å². The number of methoxy groups -OCH3 is 1. The number of rotatable bonds is 5. The molecule has 0 spiro atoms. The Kier molecular flexibility index (Phi) is 5.12. The number of likely N-dealkylation sites (tertiary alicyclic amines) is 1. The first-order chi connectivity index (χ1) is 10.1. The van der Waals surface area contributed by atoms with Crippen molar-refractivity contribution in [1.82, 2.24) is 4.90 Å². The summed E-state index contributed by atoms with van der Waals surface area (Å²) in [4.78, 5) is 13.8. The Balaban J connectivity index is 2.15. The van der Waals surface area contributed by atoms with E-state index in [9.17, 15) is 13.6 Å². The molecule has 0 saturated carbocycles. The summed E-state index contributed by atoms with van der Waals surface area (Å²) in [6, 6.07) is 2.17. The van der Waals surface area contributed by atoms with Crippen molar-refractivity contribution < 1.29 is 18.3 Å². The van der Waals surface area contributed by atoms with Crippen LogP contribution in [0.1, 0.15) is 30.1 Å². The van der Waals surface area contributed by atoms with Crippen molar-refractivity contribution >= 4 is 11.6 Å². The van der Waals surface area contributed by atoms with E-state index in [0.717, 1.165) is 25.0 Å². The highest BCUT2D eigenvalue weighted by atomic mass is 19.1. The summed E-state index contributed by atoms with van der Waals surface area (Å²) in [5.41, 5.74) is -0.145. The van der Waals surface area contributed by atoms with Crippen LogP contribution in [0, 0.1) is 11.6 Å². The summed E-state index contributed by atoms with van der Waals surface area (Å²) in [7, 11) is 1.59. The Morgan fingerprint density at radius 2 is 2.10 bits per heavy atom. The van der Waals surface area contributed by atoms with Gasteiger partial charge in [-0.05, 0) is 25.0 Å². The summed E-state index contributed by atoms with van der Waals surface area (Å²) < 4.78 is 33.0. The number of carbonyl (C=O) groups is 1. The van der Waals surface area contributed by atoms with Crippen molar-refractivity contribution in [2.45, 2.75) is 25.9 Å². The maximum absolute atomic E-state index is 13.9. The van der Waals surface area contributed by atoms with Gasteiger partial charge < -0.3 is 15.0 Å². The summed E-state index contributed by atoms with van der Waals surface area (Å²) >= 11 is 0. The van der Waals surface area contributed by atoms with Crippen LogP contribution in [0.5, 0.6) is 0 Å². The quantitative estimate of drug-likeness (QED) is 0.908. The molecule has 1 aliphatic heterocycles.